The van der Waals surface area contributed by atoms with Gasteiger partial charge in [0, 0.05) is 6.54 Å². The quantitative estimate of drug-likeness (QED) is 0.888. The first-order chi connectivity index (χ1) is 8.40. The third-order valence-electron chi connectivity index (χ3n) is 2.91. The second-order valence-electron chi connectivity index (χ2n) is 4.46. The summed E-state index contributed by atoms with van der Waals surface area (Å²) in [5.74, 6) is 0.304. The van der Waals surface area contributed by atoms with Crippen molar-refractivity contribution in [3.8, 4) is 6.07 Å². The summed E-state index contributed by atoms with van der Waals surface area (Å²) in [5, 5.41) is 8.75. The molecule has 0 heterocycles. The Morgan fingerprint density at radius 1 is 1.44 bits per heavy atom. The Bertz CT molecular complexity index is 559. The monoisotopic (exact) mass is 266 g/mol. The molecule has 5 heteroatoms. The first kappa shape index (κ1) is 14.7. The van der Waals surface area contributed by atoms with Crippen molar-refractivity contribution in [1.82, 2.24) is 4.72 Å². The van der Waals surface area contributed by atoms with Gasteiger partial charge in [-0.3, -0.25) is 0 Å². The van der Waals surface area contributed by atoms with Crippen molar-refractivity contribution in [2.75, 3.05) is 6.54 Å². The number of benzene rings is 1. The van der Waals surface area contributed by atoms with Gasteiger partial charge in [-0.25, -0.2) is 13.1 Å². The lowest BCUT2D eigenvalue weighted by molar-refractivity contribution is 0.528. The summed E-state index contributed by atoms with van der Waals surface area (Å²) in [6.45, 7) is 6.14. The fourth-order valence-corrected chi connectivity index (χ4v) is 2.88. The molecule has 1 atom stereocenters. The van der Waals surface area contributed by atoms with E-state index >= 15 is 0 Å². The van der Waals surface area contributed by atoms with Gasteiger partial charge in [0.25, 0.3) is 0 Å². The molecule has 0 spiro atoms. The number of aryl methyl sites for hydroxylation is 1. The van der Waals surface area contributed by atoms with Gasteiger partial charge in [-0.2, -0.15) is 5.26 Å². The second kappa shape index (κ2) is 5.98. The minimum absolute atomic E-state index is 0.241. The molecule has 1 aromatic rings. The standard InChI is InChI=1S/C13H18N2O2S/c1-4-10(2)9-15-18(16,17)13-6-5-12(8-14)7-11(13)3/h5-7,10,15H,4,9H2,1-3H3. The molecular formula is C13H18N2O2S. The second-order valence-corrected chi connectivity index (χ2v) is 6.19. The van der Waals surface area contributed by atoms with Gasteiger partial charge in [-0.1, -0.05) is 20.3 Å². The van der Waals surface area contributed by atoms with E-state index in [0.717, 1.165) is 6.42 Å². The Balaban J connectivity index is 2.96. The summed E-state index contributed by atoms with van der Waals surface area (Å²) in [5.41, 5.74) is 1.05. The van der Waals surface area contributed by atoms with E-state index in [1.165, 1.54) is 12.1 Å². The molecular weight excluding hydrogens is 248 g/mol. The lowest BCUT2D eigenvalue weighted by Crippen LogP contribution is -2.28. The molecule has 0 aliphatic heterocycles. The number of hydrogen-bond acceptors (Lipinski definition) is 3. The summed E-state index contributed by atoms with van der Waals surface area (Å²) in [6.07, 6.45) is 0.925. The predicted molar refractivity (Wildman–Crippen MR) is 70.5 cm³/mol. The summed E-state index contributed by atoms with van der Waals surface area (Å²) in [7, 11) is -3.48. The largest absolute Gasteiger partial charge is 0.240 e. The van der Waals surface area contributed by atoms with Crippen LogP contribution in [0.4, 0.5) is 0 Å². The lowest BCUT2D eigenvalue weighted by Gasteiger charge is -2.12. The van der Waals surface area contributed by atoms with Crippen LogP contribution in [0.2, 0.25) is 0 Å². The van der Waals surface area contributed by atoms with E-state index in [-0.39, 0.29) is 4.90 Å². The first-order valence-electron chi connectivity index (χ1n) is 5.91. The molecule has 0 saturated heterocycles. The van der Waals surface area contributed by atoms with Gasteiger partial charge < -0.3 is 0 Å². The fourth-order valence-electron chi connectivity index (χ4n) is 1.49. The van der Waals surface area contributed by atoms with E-state index in [0.29, 0.717) is 23.6 Å². The Morgan fingerprint density at radius 3 is 2.61 bits per heavy atom. The van der Waals surface area contributed by atoms with E-state index in [1.54, 1.807) is 13.0 Å². The average Bonchev–Trinajstić information content (AvgIpc) is 2.35. The maximum absolute atomic E-state index is 12.1. The Kier molecular flexibility index (Phi) is 4.88. The van der Waals surface area contributed by atoms with Crippen LogP contribution in [0.1, 0.15) is 31.4 Å². The van der Waals surface area contributed by atoms with Crippen LogP contribution in [0.25, 0.3) is 0 Å². The molecule has 0 aliphatic carbocycles. The van der Waals surface area contributed by atoms with Crippen LogP contribution in [0.5, 0.6) is 0 Å². The van der Waals surface area contributed by atoms with E-state index in [1.807, 2.05) is 19.9 Å². The number of sulfonamides is 1. The van der Waals surface area contributed by atoms with Gasteiger partial charge in [-0.05, 0) is 36.6 Å². The molecule has 1 aromatic carbocycles. The van der Waals surface area contributed by atoms with Crippen molar-refractivity contribution in [2.45, 2.75) is 32.1 Å². The van der Waals surface area contributed by atoms with Gasteiger partial charge in [0.15, 0.2) is 0 Å². The van der Waals surface area contributed by atoms with E-state index in [2.05, 4.69) is 4.72 Å². The van der Waals surface area contributed by atoms with Crippen LogP contribution in [0.15, 0.2) is 23.1 Å². The predicted octanol–water partition coefficient (Wildman–Crippen LogP) is 2.19. The smallest absolute Gasteiger partial charge is 0.211 e. The molecule has 0 fully saturated rings. The minimum Gasteiger partial charge on any atom is -0.211 e. The highest BCUT2D eigenvalue weighted by molar-refractivity contribution is 7.89. The van der Waals surface area contributed by atoms with Crippen LogP contribution in [0, 0.1) is 24.2 Å². The zero-order valence-electron chi connectivity index (χ0n) is 10.9. The van der Waals surface area contributed by atoms with Crippen LogP contribution in [-0.4, -0.2) is 15.0 Å². The van der Waals surface area contributed by atoms with Gasteiger partial charge in [0.2, 0.25) is 10.0 Å². The molecule has 1 N–H and O–H groups in total. The Labute approximate surface area is 109 Å². The Hall–Kier alpha value is -1.38. The van der Waals surface area contributed by atoms with Crippen molar-refractivity contribution >= 4 is 10.0 Å². The van der Waals surface area contributed by atoms with E-state index < -0.39 is 10.0 Å². The number of nitrogens with one attached hydrogen (secondary N) is 1. The molecule has 98 valence electrons. The van der Waals surface area contributed by atoms with Crippen LogP contribution < -0.4 is 4.72 Å². The Morgan fingerprint density at radius 2 is 2.11 bits per heavy atom. The zero-order chi connectivity index (χ0) is 13.8. The molecule has 4 nitrogen and oxygen atoms in total. The van der Waals surface area contributed by atoms with Gasteiger partial charge in [0.1, 0.15) is 0 Å². The van der Waals surface area contributed by atoms with Crippen molar-refractivity contribution < 1.29 is 8.42 Å². The third kappa shape index (κ3) is 3.56. The topological polar surface area (TPSA) is 70.0 Å². The van der Waals surface area contributed by atoms with E-state index in [9.17, 15) is 8.42 Å². The highest BCUT2D eigenvalue weighted by Gasteiger charge is 2.17. The van der Waals surface area contributed by atoms with Crippen LogP contribution in [-0.2, 0) is 10.0 Å². The number of nitrogens with zero attached hydrogens (tertiary/aromatic N) is 1. The molecule has 1 rings (SSSR count). The minimum atomic E-state index is -3.48. The summed E-state index contributed by atoms with van der Waals surface area (Å²) >= 11 is 0. The molecule has 0 bridgehead atoms. The van der Waals surface area contributed by atoms with Crippen LogP contribution >= 0.6 is 0 Å². The molecule has 0 aliphatic rings. The summed E-state index contributed by atoms with van der Waals surface area (Å²) in [4.78, 5) is 0.241. The van der Waals surface area contributed by atoms with Crippen molar-refractivity contribution in [2.24, 2.45) is 5.92 Å². The van der Waals surface area contributed by atoms with Gasteiger partial charge >= 0.3 is 0 Å². The lowest BCUT2D eigenvalue weighted by atomic mass is 10.1. The van der Waals surface area contributed by atoms with Gasteiger partial charge in [-0.15, -0.1) is 0 Å². The number of nitriles is 1. The molecule has 1 unspecified atom stereocenters. The fraction of sp³-hybridized carbons (Fsp3) is 0.462. The van der Waals surface area contributed by atoms with Crippen molar-refractivity contribution in [3.63, 3.8) is 0 Å². The maximum Gasteiger partial charge on any atom is 0.240 e. The van der Waals surface area contributed by atoms with Crippen molar-refractivity contribution in [3.05, 3.63) is 29.3 Å². The average molecular weight is 266 g/mol. The van der Waals surface area contributed by atoms with Gasteiger partial charge in [0.05, 0.1) is 16.5 Å². The summed E-state index contributed by atoms with van der Waals surface area (Å²) in [6, 6.07) is 6.57. The molecule has 0 saturated carbocycles. The molecule has 0 aromatic heterocycles. The highest BCUT2D eigenvalue weighted by Crippen LogP contribution is 2.16. The molecule has 0 amide bonds. The number of hydrogen-bond donors (Lipinski definition) is 1. The van der Waals surface area contributed by atoms with Crippen LogP contribution in [0.3, 0.4) is 0 Å². The van der Waals surface area contributed by atoms with Crippen molar-refractivity contribution in [1.29, 1.82) is 5.26 Å². The maximum atomic E-state index is 12.1. The molecule has 18 heavy (non-hydrogen) atoms. The molecule has 0 radical (unpaired) electrons. The highest BCUT2D eigenvalue weighted by atomic mass is 32.2. The number of rotatable bonds is 5. The zero-order valence-corrected chi connectivity index (χ0v) is 11.7. The van der Waals surface area contributed by atoms with E-state index in [4.69, 9.17) is 5.26 Å². The summed E-state index contributed by atoms with van der Waals surface area (Å²) < 4.78 is 26.8. The third-order valence-corrected chi connectivity index (χ3v) is 4.50. The first-order valence-corrected chi connectivity index (χ1v) is 7.39. The SMILES string of the molecule is CCC(C)CNS(=O)(=O)c1ccc(C#N)cc1C. The normalized spacial score (nSPS) is 13.0.